The third-order valence-corrected chi connectivity index (χ3v) is 5.77. The summed E-state index contributed by atoms with van der Waals surface area (Å²) in [6.45, 7) is 5.83. The zero-order valence-corrected chi connectivity index (χ0v) is 19.4. The first-order valence-electron chi connectivity index (χ1n) is 11.4. The average molecular weight is 453 g/mol. The molecule has 33 heavy (non-hydrogen) atoms. The van der Waals surface area contributed by atoms with Crippen molar-refractivity contribution in [2.24, 2.45) is 5.92 Å². The molecule has 1 aliphatic rings. The van der Waals surface area contributed by atoms with Gasteiger partial charge in [0.2, 0.25) is 5.91 Å². The van der Waals surface area contributed by atoms with E-state index in [9.17, 15) is 14.4 Å². The first-order valence-corrected chi connectivity index (χ1v) is 11.4. The standard InChI is InChI=1S/C26H32N2O5/c1-4-13-28(15-24(29)30)25(31)23(14-17(2)3)27-26(32)33-16-22-20-11-7-5-9-18(20)19-10-6-8-12-21(19)22/h5-12,17,22-23H,4,13-16H2,1-3H3,(H,27,32)(H,29,30)/t23-/m0/s1. The van der Waals surface area contributed by atoms with Crippen molar-refractivity contribution in [2.75, 3.05) is 19.7 Å². The van der Waals surface area contributed by atoms with E-state index in [4.69, 9.17) is 9.84 Å². The molecular formula is C26H32N2O5. The number of aliphatic carboxylic acids is 1. The number of carbonyl (C=O) groups excluding carboxylic acids is 2. The zero-order valence-electron chi connectivity index (χ0n) is 19.4. The minimum atomic E-state index is -1.08. The second kappa shape index (κ2) is 11.0. The molecule has 7 heteroatoms. The van der Waals surface area contributed by atoms with Crippen LogP contribution in [0.3, 0.4) is 0 Å². The van der Waals surface area contributed by atoms with Crippen molar-refractivity contribution < 1.29 is 24.2 Å². The Balaban J connectivity index is 1.70. The highest BCUT2D eigenvalue weighted by molar-refractivity contribution is 5.88. The van der Waals surface area contributed by atoms with E-state index in [1.165, 1.54) is 4.90 Å². The van der Waals surface area contributed by atoms with Crippen molar-refractivity contribution in [1.82, 2.24) is 10.2 Å². The van der Waals surface area contributed by atoms with Gasteiger partial charge in [0, 0.05) is 12.5 Å². The summed E-state index contributed by atoms with van der Waals surface area (Å²) in [7, 11) is 0. The Bertz CT molecular complexity index is 958. The summed E-state index contributed by atoms with van der Waals surface area (Å²) in [4.78, 5) is 38.2. The molecule has 2 aromatic rings. The summed E-state index contributed by atoms with van der Waals surface area (Å²) in [5.74, 6) is -1.44. The van der Waals surface area contributed by atoms with E-state index in [0.29, 0.717) is 19.4 Å². The lowest BCUT2D eigenvalue weighted by Gasteiger charge is -2.27. The molecule has 2 aromatic carbocycles. The summed E-state index contributed by atoms with van der Waals surface area (Å²) in [6.07, 6.45) is 0.337. The SMILES string of the molecule is CCCN(CC(=O)O)C(=O)[C@H](CC(C)C)NC(=O)OCC1c2ccccc2-c2ccccc21. The molecule has 0 radical (unpaired) electrons. The number of carbonyl (C=O) groups is 3. The summed E-state index contributed by atoms with van der Waals surface area (Å²) >= 11 is 0. The molecule has 0 saturated heterocycles. The van der Waals surface area contributed by atoms with Crippen LogP contribution < -0.4 is 5.32 Å². The number of rotatable bonds is 10. The van der Waals surface area contributed by atoms with E-state index in [1.54, 1.807) is 0 Å². The van der Waals surface area contributed by atoms with Gasteiger partial charge < -0.3 is 20.1 Å². The van der Waals surface area contributed by atoms with E-state index in [0.717, 1.165) is 22.3 Å². The lowest BCUT2D eigenvalue weighted by Crippen LogP contribution is -2.50. The van der Waals surface area contributed by atoms with Crippen LogP contribution in [-0.2, 0) is 14.3 Å². The predicted molar refractivity (Wildman–Crippen MR) is 126 cm³/mol. The van der Waals surface area contributed by atoms with Crippen LogP contribution in [0.15, 0.2) is 48.5 Å². The number of alkyl carbamates (subject to hydrolysis) is 1. The number of carboxylic acids is 1. The molecule has 0 aliphatic heterocycles. The van der Waals surface area contributed by atoms with E-state index in [1.807, 2.05) is 57.2 Å². The molecule has 0 unspecified atom stereocenters. The Morgan fingerprint density at radius 1 is 1.03 bits per heavy atom. The first-order chi connectivity index (χ1) is 15.8. The van der Waals surface area contributed by atoms with Crippen molar-refractivity contribution in [3.05, 3.63) is 59.7 Å². The molecule has 0 fully saturated rings. The fourth-order valence-corrected chi connectivity index (χ4v) is 4.40. The number of carboxylic acid groups (broad SMARTS) is 1. The molecule has 0 aromatic heterocycles. The minimum Gasteiger partial charge on any atom is -0.480 e. The normalized spacial score (nSPS) is 13.2. The Morgan fingerprint density at radius 3 is 2.12 bits per heavy atom. The summed E-state index contributed by atoms with van der Waals surface area (Å²) < 4.78 is 5.59. The highest BCUT2D eigenvalue weighted by Gasteiger charge is 2.31. The van der Waals surface area contributed by atoms with Crippen LogP contribution >= 0.6 is 0 Å². The van der Waals surface area contributed by atoms with E-state index in [-0.39, 0.29) is 18.4 Å². The Kier molecular flexibility index (Phi) is 8.09. The molecular weight excluding hydrogens is 420 g/mol. The van der Waals surface area contributed by atoms with Gasteiger partial charge in [0.25, 0.3) is 0 Å². The zero-order chi connectivity index (χ0) is 24.0. The van der Waals surface area contributed by atoms with E-state index < -0.39 is 30.6 Å². The molecule has 0 heterocycles. The van der Waals surface area contributed by atoms with E-state index in [2.05, 4.69) is 17.4 Å². The maximum absolute atomic E-state index is 13.0. The van der Waals surface area contributed by atoms with Crippen molar-refractivity contribution >= 4 is 18.0 Å². The number of amides is 2. The van der Waals surface area contributed by atoms with Gasteiger partial charge >= 0.3 is 12.1 Å². The number of hydrogen-bond acceptors (Lipinski definition) is 4. The number of hydrogen-bond donors (Lipinski definition) is 2. The van der Waals surface area contributed by atoms with Crippen LogP contribution in [0.25, 0.3) is 11.1 Å². The second-order valence-corrected chi connectivity index (χ2v) is 8.81. The summed E-state index contributed by atoms with van der Waals surface area (Å²) in [6, 6.07) is 15.3. The maximum atomic E-state index is 13.0. The Morgan fingerprint density at radius 2 is 1.61 bits per heavy atom. The highest BCUT2D eigenvalue weighted by Crippen LogP contribution is 2.44. The van der Waals surface area contributed by atoms with Crippen LogP contribution in [0.1, 0.15) is 50.7 Å². The molecule has 0 bridgehead atoms. The minimum absolute atomic E-state index is 0.0778. The summed E-state index contributed by atoms with van der Waals surface area (Å²) in [5.41, 5.74) is 4.49. The predicted octanol–water partition coefficient (Wildman–Crippen LogP) is 4.26. The van der Waals surface area contributed by atoms with Crippen LogP contribution in [0, 0.1) is 5.92 Å². The van der Waals surface area contributed by atoms with Crippen molar-refractivity contribution in [1.29, 1.82) is 0 Å². The van der Waals surface area contributed by atoms with E-state index >= 15 is 0 Å². The highest BCUT2D eigenvalue weighted by atomic mass is 16.5. The van der Waals surface area contributed by atoms with Gasteiger partial charge in [0.15, 0.2) is 0 Å². The van der Waals surface area contributed by atoms with Gasteiger partial charge in [0.05, 0.1) is 0 Å². The molecule has 1 atom stereocenters. The maximum Gasteiger partial charge on any atom is 0.407 e. The fourth-order valence-electron chi connectivity index (χ4n) is 4.40. The quantitative estimate of drug-likeness (QED) is 0.561. The second-order valence-electron chi connectivity index (χ2n) is 8.81. The number of benzene rings is 2. The fraction of sp³-hybridized carbons (Fsp3) is 0.423. The third kappa shape index (κ3) is 5.92. The summed E-state index contributed by atoms with van der Waals surface area (Å²) in [5, 5.41) is 11.9. The van der Waals surface area contributed by atoms with Gasteiger partial charge in [-0.25, -0.2) is 4.79 Å². The molecule has 1 aliphatic carbocycles. The first kappa shape index (κ1) is 24.3. The largest absolute Gasteiger partial charge is 0.480 e. The molecule has 0 spiro atoms. The Hall–Kier alpha value is -3.35. The molecule has 2 N–H and O–H groups in total. The van der Waals surface area contributed by atoms with Gasteiger partial charge in [-0.1, -0.05) is 69.3 Å². The van der Waals surface area contributed by atoms with Gasteiger partial charge in [-0.3, -0.25) is 9.59 Å². The van der Waals surface area contributed by atoms with Gasteiger partial charge in [-0.15, -0.1) is 0 Å². The molecule has 176 valence electrons. The Labute approximate surface area is 194 Å². The van der Waals surface area contributed by atoms with Crippen molar-refractivity contribution in [2.45, 2.75) is 45.6 Å². The van der Waals surface area contributed by atoms with Gasteiger partial charge in [0.1, 0.15) is 19.2 Å². The van der Waals surface area contributed by atoms with Crippen LogP contribution in [0.5, 0.6) is 0 Å². The van der Waals surface area contributed by atoms with Gasteiger partial charge in [-0.05, 0) is 41.0 Å². The smallest absolute Gasteiger partial charge is 0.407 e. The lowest BCUT2D eigenvalue weighted by atomic mass is 9.98. The lowest BCUT2D eigenvalue weighted by molar-refractivity contribution is -0.145. The molecule has 7 nitrogen and oxygen atoms in total. The number of nitrogens with one attached hydrogen (secondary N) is 1. The molecule has 3 rings (SSSR count). The monoisotopic (exact) mass is 452 g/mol. The average Bonchev–Trinajstić information content (AvgIpc) is 3.09. The molecule has 0 saturated carbocycles. The van der Waals surface area contributed by atoms with Crippen LogP contribution in [-0.4, -0.2) is 53.7 Å². The van der Waals surface area contributed by atoms with Gasteiger partial charge in [-0.2, -0.15) is 0 Å². The van der Waals surface area contributed by atoms with Crippen molar-refractivity contribution in [3.63, 3.8) is 0 Å². The number of ether oxygens (including phenoxy) is 1. The number of fused-ring (bicyclic) bond motifs is 3. The molecule has 2 amide bonds. The topological polar surface area (TPSA) is 95.9 Å². The van der Waals surface area contributed by atoms with Crippen molar-refractivity contribution in [3.8, 4) is 11.1 Å². The van der Waals surface area contributed by atoms with Crippen LogP contribution in [0.4, 0.5) is 4.79 Å². The van der Waals surface area contributed by atoms with Crippen LogP contribution in [0.2, 0.25) is 0 Å². The third-order valence-electron chi connectivity index (χ3n) is 5.77. The number of nitrogens with zero attached hydrogens (tertiary/aromatic N) is 1.